The molecule has 1 aliphatic rings. The minimum absolute atomic E-state index is 0.174. The number of likely N-dealkylation sites (tertiary alicyclic amines) is 1. The van der Waals surface area contributed by atoms with E-state index in [1.807, 2.05) is 17.4 Å². The lowest BCUT2D eigenvalue weighted by Crippen LogP contribution is -2.41. The average Bonchev–Trinajstić information content (AvgIpc) is 3.10. The molecule has 1 N–H and O–H groups in total. The number of carbonyl (C=O) groups is 1. The van der Waals surface area contributed by atoms with Crippen molar-refractivity contribution in [2.24, 2.45) is 0 Å². The molecular weight excluding hydrogens is 280 g/mol. The maximum atomic E-state index is 12.3. The standard InChI is InChI=1S/C15H20N6O/c22-14(4-7-19-15-17-5-2-6-18-15)20-9-1-3-13(11-20)21-10-8-16-12-21/h2,5-6,8,10,12-13H,1,3-4,7,9,11H2,(H,17,18,19)/t13-/m0/s1. The number of anilines is 1. The molecule has 1 amide bonds. The second-order valence-electron chi connectivity index (χ2n) is 5.39. The average molecular weight is 300 g/mol. The molecule has 2 aromatic heterocycles. The van der Waals surface area contributed by atoms with Gasteiger partial charge in [-0.15, -0.1) is 0 Å². The van der Waals surface area contributed by atoms with Crippen LogP contribution < -0.4 is 5.32 Å². The largest absolute Gasteiger partial charge is 0.354 e. The second-order valence-corrected chi connectivity index (χ2v) is 5.39. The Bertz CT molecular complexity index is 585. The first-order valence-electron chi connectivity index (χ1n) is 7.59. The predicted octanol–water partition coefficient (Wildman–Crippen LogP) is 1.34. The Morgan fingerprint density at radius 2 is 2.18 bits per heavy atom. The molecule has 22 heavy (non-hydrogen) atoms. The van der Waals surface area contributed by atoms with E-state index in [1.54, 1.807) is 24.7 Å². The molecule has 1 atom stereocenters. The first-order valence-corrected chi connectivity index (χ1v) is 7.59. The van der Waals surface area contributed by atoms with Gasteiger partial charge in [-0.1, -0.05) is 0 Å². The summed E-state index contributed by atoms with van der Waals surface area (Å²) in [5.41, 5.74) is 0. The summed E-state index contributed by atoms with van der Waals surface area (Å²) in [5, 5.41) is 3.07. The number of aromatic nitrogens is 4. The molecule has 3 rings (SSSR count). The summed E-state index contributed by atoms with van der Waals surface area (Å²) in [5.74, 6) is 0.735. The monoisotopic (exact) mass is 300 g/mol. The van der Waals surface area contributed by atoms with Gasteiger partial charge in [-0.25, -0.2) is 15.0 Å². The van der Waals surface area contributed by atoms with Crippen molar-refractivity contribution in [2.45, 2.75) is 25.3 Å². The van der Waals surface area contributed by atoms with Crippen molar-refractivity contribution in [2.75, 3.05) is 25.0 Å². The molecule has 0 bridgehead atoms. The molecule has 0 aromatic carbocycles. The molecule has 1 aliphatic heterocycles. The van der Waals surface area contributed by atoms with Gasteiger partial charge in [0.05, 0.1) is 12.4 Å². The van der Waals surface area contributed by atoms with Crippen LogP contribution in [0.4, 0.5) is 5.95 Å². The van der Waals surface area contributed by atoms with Crippen LogP contribution in [0.5, 0.6) is 0 Å². The molecule has 0 saturated carbocycles. The molecular formula is C15H20N6O. The molecule has 3 heterocycles. The minimum atomic E-state index is 0.174. The fourth-order valence-corrected chi connectivity index (χ4v) is 2.74. The summed E-state index contributed by atoms with van der Waals surface area (Å²) < 4.78 is 2.09. The number of hydrogen-bond donors (Lipinski definition) is 1. The first kappa shape index (κ1) is 14.5. The first-order chi connectivity index (χ1) is 10.8. The summed E-state index contributed by atoms with van der Waals surface area (Å²) in [6.07, 6.45) is 11.5. The topological polar surface area (TPSA) is 75.9 Å². The van der Waals surface area contributed by atoms with Gasteiger partial charge in [0.25, 0.3) is 0 Å². The van der Waals surface area contributed by atoms with E-state index in [4.69, 9.17) is 0 Å². The molecule has 0 aliphatic carbocycles. The van der Waals surface area contributed by atoms with Gasteiger partial charge in [0.15, 0.2) is 0 Å². The van der Waals surface area contributed by atoms with Crippen LogP contribution in [0.15, 0.2) is 37.2 Å². The Morgan fingerprint density at radius 3 is 2.95 bits per heavy atom. The third kappa shape index (κ3) is 3.60. The van der Waals surface area contributed by atoms with E-state index in [2.05, 4.69) is 24.8 Å². The number of amides is 1. The maximum absolute atomic E-state index is 12.3. The Morgan fingerprint density at radius 1 is 1.32 bits per heavy atom. The highest BCUT2D eigenvalue weighted by atomic mass is 16.2. The zero-order valence-corrected chi connectivity index (χ0v) is 12.4. The third-order valence-corrected chi connectivity index (χ3v) is 3.88. The van der Waals surface area contributed by atoms with Crippen molar-refractivity contribution in [3.8, 4) is 0 Å². The normalized spacial score (nSPS) is 18.2. The third-order valence-electron chi connectivity index (χ3n) is 3.88. The van der Waals surface area contributed by atoms with E-state index in [9.17, 15) is 4.79 Å². The molecule has 1 saturated heterocycles. The van der Waals surface area contributed by atoms with E-state index < -0.39 is 0 Å². The maximum Gasteiger partial charge on any atom is 0.224 e. The molecule has 7 nitrogen and oxygen atoms in total. The van der Waals surface area contributed by atoms with Gasteiger partial charge in [-0.05, 0) is 18.9 Å². The van der Waals surface area contributed by atoms with Crippen LogP contribution in [-0.2, 0) is 4.79 Å². The van der Waals surface area contributed by atoms with Crippen LogP contribution in [0.1, 0.15) is 25.3 Å². The van der Waals surface area contributed by atoms with E-state index in [1.165, 1.54) is 0 Å². The number of rotatable bonds is 5. The van der Waals surface area contributed by atoms with Crippen molar-refractivity contribution in [3.05, 3.63) is 37.2 Å². The molecule has 0 radical (unpaired) electrons. The molecule has 2 aromatic rings. The quantitative estimate of drug-likeness (QED) is 0.902. The number of hydrogen-bond acceptors (Lipinski definition) is 5. The van der Waals surface area contributed by atoms with E-state index in [0.29, 0.717) is 25.0 Å². The Kier molecular flexibility index (Phi) is 4.62. The minimum Gasteiger partial charge on any atom is -0.354 e. The van der Waals surface area contributed by atoms with Crippen LogP contribution in [0, 0.1) is 0 Å². The van der Waals surface area contributed by atoms with Gasteiger partial charge in [-0.2, -0.15) is 0 Å². The number of imidazole rings is 1. The lowest BCUT2D eigenvalue weighted by atomic mass is 10.1. The highest BCUT2D eigenvalue weighted by Gasteiger charge is 2.24. The van der Waals surface area contributed by atoms with Crippen LogP contribution in [0.25, 0.3) is 0 Å². The summed E-state index contributed by atoms with van der Waals surface area (Å²) in [6.45, 7) is 2.15. The van der Waals surface area contributed by atoms with Crippen molar-refractivity contribution in [3.63, 3.8) is 0 Å². The number of nitrogens with one attached hydrogen (secondary N) is 1. The van der Waals surface area contributed by atoms with Crippen molar-refractivity contribution in [1.82, 2.24) is 24.4 Å². The fourth-order valence-electron chi connectivity index (χ4n) is 2.74. The van der Waals surface area contributed by atoms with Crippen LogP contribution in [0.2, 0.25) is 0 Å². The SMILES string of the molecule is O=C(CCNc1ncccn1)N1CCC[C@H](n2ccnc2)C1. The molecule has 7 heteroatoms. The number of carbonyl (C=O) groups excluding carboxylic acids is 1. The summed E-state index contributed by atoms with van der Waals surface area (Å²) in [6, 6.07) is 2.10. The zero-order valence-electron chi connectivity index (χ0n) is 12.4. The van der Waals surface area contributed by atoms with Gasteiger partial charge in [-0.3, -0.25) is 4.79 Å². The smallest absolute Gasteiger partial charge is 0.224 e. The Labute approximate surface area is 129 Å². The van der Waals surface area contributed by atoms with Crippen molar-refractivity contribution >= 4 is 11.9 Å². The van der Waals surface area contributed by atoms with Crippen LogP contribution >= 0.6 is 0 Å². The van der Waals surface area contributed by atoms with Gasteiger partial charge in [0.1, 0.15) is 0 Å². The lowest BCUT2D eigenvalue weighted by Gasteiger charge is -2.33. The van der Waals surface area contributed by atoms with Crippen molar-refractivity contribution < 1.29 is 4.79 Å². The van der Waals surface area contributed by atoms with E-state index in [0.717, 1.165) is 25.9 Å². The number of piperidine rings is 1. The lowest BCUT2D eigenvalue weighted by molar-refractivity contribution is -0.132. The van der Waals surface area contributed by atoms with Gasteiger partial charge in [0.2, 0.25) is 11.9 Å². The summed E-state index contributed by atoms with van der Waals surface area (Å²) in [4.78, 5) is 26.5. The van der Waals surface area contributed by atoms with E-state index in [-0.39, 0.29) is 5.91 Å². The second kappa shape index (κ2) is 7.02. The van der Waals surface area contributed by atoms with Gasteiger partial charge in [0, 0.05) is 50.8 Å². The summed E-state index contributed by atoms with van der Waals surface area (Å²) >= 11 is 0. The van der Waals surface area contributed by atoms with E-state index >= 15 is 0 Å². The van der Waals surface area contributed by atoms with Crippen molar-refractivity contribution in [1.29, 1.82) is 0 Å². The molecule has 0 spiro atoms. The Balaban J connectivity index is 1.47. The summed E-state index contributed by atoms with van der Waals surface area (Å²) in [7, 11) is 0. The fraction of sp³-hybridized carbons (Fsp3) is 0.467. The zero-order chi connectivity index (χ0) is 15.2. The predicted molar refractivity (Wildman–Crippen MR) is 82.2 cm³/mol. The Hall–Kier alpha value is -2.44. The molecule has 1 fully saturated rings. The highest BCUT2D eigenvalue weighted by Crippen LogP contribution is 2.21. The number of nitrogens with zero attached hydrogens (tertiary/aromatic N) is 5. The van der Waals surface area contributed by atoms with Gasteiger partial charge >= 0.3 is 0 Å². The van der Waals surface area contributed by atoms with Gasteiger partial charge < -0.3 is 14.8 Å². The highest BCUT2D eigenvalue weighted by molar-refractivity contribution is 5.76. The molecule has 116 valence electrons. The molecule has 0 unspecified atom stereocenters. The van der Waals surface area contributed by atoms with Crippen LogP contribution in [-0.4, -0.2) is 50.0 Å². The van der Waals surface area contributed by atoms with Crippen LogP contribution in [0.3, 0.4) is 0 Å².